The molecule has 1 saturated carbocycles. The summed E-state index contributed by atoms with van der Waals surface area (Å²) in [6, 6.07) is 5.68. The number of carbonyl (C=O) groups is 1. The number of ether oxygens (including phenoxy) is 2. The van der Waals surface area contributed by atoms with Gasteiger partial charge in [0, 0.05) is 13.1 Å². The molecule has 0 unspecified atom stereocenters. The fraction of sp³-hybridized carbons (Fsp3) is 0.588. The average Bonchev–Trinajstić information content (AvgIpc) is 2.82. The lowest BCUT2D eigenvalue weighted by atomic mass is 10.1. The predicted molar refractivity (Wildman–Crippen MR) is 83.1 cm³/mol. The summed E-state index contributed by atoms with van der Waals surface area (Å²) in [5.74, 6) is 1.28. The van der Waals surface area contributed by atoms with Crippen molar-refractivity contribution in [2.75, 3.05) is 21.3 Å². The summed E-state index contributed by atoms with van der Waals surface area (Å²) in [5.41, 5.74) is 0.573. The third-order valence-corrected chi connectivity index (χ3v) is 4.33. The molecular weight excluding hydrogens is 266 g/mol. The zero-order valence-corrected chi connectivity index (χ0v) is 13.2. The van der Waals surface area contributed by atoms with Crippen LogP contribution < -0.4 is 9.47 Å². The fourth-order valence-electron chi connectivity index (χ4n) is 2.98. The largest absolute Gasteiger partial charge is 0.497 e. The van der Waals surface area contributed by atoms with Crippen molar-refractivity contribution in [1.82, 2.24) is 4.90 Å². The first-order chi connectivity index (χ1) is 10.2. The molecule has 4 nitrogen and oxygen atoms in total. The summed E-state index contributed by atoms with van der Waals surface area (Å²) in [6.45, 7) is 0. The van der Waals surface area contributed by atoms with Crippen LogP contribution in [0.25, 0.3) is 0 Å². The zero-order valence-electron chi connectivity index (χ0n) is 13.2. The minimum atomic E-state index is 0.0117. The van der Waals surface area contributed by atoms with Crippen molar-refractivity contribution in [2.24, 2.45) is 0 Å². The fourth-order valence-corrected chi connectivity index (χ4v) is 2.98. The molecular formula is C17H25NO3. The Hall–Kier alpha value is -1.71. The Morgan fingerprint density at radius 2 is 1.76 bits per heavy atom. The molecule has 2 rings (SSSR count). The quantitative estimate of drug-likeness (QED) is 0.797. The molecule has 0 aliphatic heterocycles. The van der Waals surface area contributed by atoms with Gasteiger partial charge >= 0.3 is 0 Å². The number of methoxy groups -OCH3 is 2. The summed E-state index contributed by atoms with van der Waals surface area (Å²) in [4.78, 5) is 14.7. The normalized spacial score (nSPS) is 16.1. The highest BCUT2D eigenvalue weighted by atomic mass is 16.5. The molecule has 0 spiro atoms. The van der Waals surface area contributed by atoms with E-state index in [4.69, 9.17) is 9.47 Å². The van der Waals surface area contributed by atoms with E-state index in [9.17, 15) is 4.79 Å². The van der Waals surface area contributed by atoms with Crippen LogP contribution >= 0.6 is 0 Å². The molecule has 1 amide bonds. The standard InChI is InChI=1S/C17H25NO3/c1-18(13-8-6-4-5-7-9-13)17(19)15-12-14(20-2)10-11-16(15)21-3/h10-13H,4-9H2,1-3H3. The maximum atomic E-state index is 12.8. The van der Waals surface area contributed by atoms with Gasteiger partial charge in [0.15, 0.2) is 0 Å². The highest BCUT2D eigenvalue weighted by Gasteiger charge is 2.24. The lowest BCUT2D eigenvalue weighted by Gasteiger charge is -2.28. The minimum Gasteiger partial charge on any atom is -0.497 e. The second-order valence-corrected chi connectivity index (χ2v) is 5.63. The number of rotatable bonds is 4. The SMILES string of the molecule is COc1ccc(OC)c(C(=O)N(C)C2CCCCCC2)c1. The third-order valence-electron chi connectivity index (χ3n) is 4.33. The van der Waals surface area contributed by atoms with E-state index < -0.39 is 0 Å². The first-order valence-corrected chi connectivity index (χ1v) is 7.66. The van der Waals surface area contributed by atoms with Crippen LogP contribution in [-0.2, 0) is 0 Å². The van der Waals surface area contributed by atoms with Gasteiger partial charge in [0.2, 0.25) is 0 Å². The van der Waals surface area contributed by atoms with E-state index in [0.29, 0.717) is 23.1 Å². The lowest BCUT2D eigenvalue weighted by molar-refractivity contribution is 0.0714. The molecule has 1 aliphatic carbocycles. The third kappa shape index (κ3) is 3.69. The van der Waals surface area contributed by atoms with Crippen molar-refractivity contribution in [1.29, 1.82) is 0 Å². The van der Waals surface area contributed by atoms with Crippen molar-refractivity contribution in [3.8, 4) is 11.5 Å². The summed E-state index contributed by atoms with van der Waals surface area (Å²) < 4.78 is 10.5. The van der Waals surface area contributed by atoms with Gasteiger partial charge in [-0.2, -0.15) is 0 Å². The molecule has 4 heteroatoms. The number of hydrogen-bond donors (Lipinski definition) is 0. The Kier molecular flexibility index (Phi) is 5.48. The van der Waals surface area contributed by atoms with Crippen LogP contribution in [0.2, 0.25) is 0 Å². The average molecular weight is 291 g/mol. The molecule has 116 valence electrons. The maximum absolute atomic E-state index is 12.8. The summed E-state index contributed by atoms with van der Waals surface area (Å²) in [7, 11) is 5.09. The molecule has 0 aromatic heterocycles. The van der Waals surface area contributed by atoms with Crippen molar-refractivity contribution in [3.63, 3.8) is 0 Å². The highest BCUT2D eigenvalue weighted by Crippen LogP contribution is 2.28. The summed E-state index contributed by atoms with van der Waals surface area (Å²) in [6.07, 6.45) is 7.15. The second-order valence-electron chi connectivity index (χ2n) is 5.63. The maximum Gasteiger partial charge on any atom is 0.257 e. The van der Waals surface area contributed by atoms with Crippen LogP contribution in [0.4, 0.5) is 0 Å². The molecule has 1 fully saturated rings. The minimum absolute atomic E-state index is 0.0117. The van der Waals surface area contributed by atoms with Crippen molar-refractivity contribution in [3.05, 3.63) is 23.8 Å². The zero-order chi connectivity index (χ0) is 15.2. The van der Waals surface area contributed by atoms with Crippen LogP contribution in [0.1, 0.15) is 48.9 Å². The smallest absolute Gasteiger partial charge is 0.257 e. The van der Waals surface area contributed by atoms with E-state index in [1.165, 1.54) is 25.7 Å². The van der Waals surface area contributed by atoms with Gasteiger partial charge in [0.05, 0.1) is 19.8 Å². The number of nitrogens with zero attached hydrogens (tertiary/aromatic N) is 1. The van der Waals surface area contributed by atoms with Crippen molar-refractivity contribution < 1.29 is 14.3 Å². The molecule has 0 saturated heterocycles. The topological polar surface area (TPSA) is 38.8 Å². The van der Waals surface area contributed by atoms with Gasteiger partial charge in [-0.15, -0.1) is 0 Å². The molecule has 0 N–H and O–H groups in total. The van der Waals surface area contributed by atoms with Gasteiger partial charge in [-0.25, -0.2) is 0 Å². The van der Waals surface area contributed by atoms with Crippen molar-refractivity contribution in [2.45, 2.75) is 44.6 Å². The predicted octanol–water partition coefficient (Wildman–Crippen LogP) is 3.50. The van der Waals surface area contributed by atoms with Gasteiger partial charge in [0.1, 0.15) is 11.5 Å². The van der Waals surface area contributed by atoms with E-state index in [0.717, 1.165) is 12.8 Å². The van der Waals surface area contributed by atoms with Crippen LogP contribution in [-0.4, -0.2) is 38.1 Å². The highest BCUT2D eigenvalue weighted by molar-refractivity contribution is 5.97. The van der Waals surface area contributed by atoms with Gasteiger partial charge < -0.3 is 14.4 Å². The Balaban J connectivity index is 2.21. The number of amides is 1. The Morgan fingerprint density at radius 1 is 1.10 bits per heavy atom. The number of benzene rings is 1. The molecule has 0 heterocycles. The number of carbonyl (C=O) groups excluding carboxylic acids is 1. The van der Waals surface area contributed by atoms with Crippen LogP contribution in [0.3, 0.4) is 0 Å². The molecule has 1 aliphatic rings. The van der Waals surface area contributed by atoms with E-state index >= 15 is 0 Å². The van der Waals surface area contributed by atoms with Crippen LogP contribution in [0.15, 0.2) is 18.2 Å². The van der Waals surface area contributed by atoms with Gasteiger partial charge in [-0.3, -0.25) is 4.79 Å². The van der Waals surface area contributed by atoms with E-state index in [2.05, 4.69) is 0 Å². The molecule has 0 bridgehead atoms. The summed E-state index contributed by atoms with van der Waals surface area (Å²) in [5, 5.41) is 0. The first-order valence-electron chi connectivity index (χ1n) is 7.66. The lowest BCUT2D eigenvalue weighted by Crippen LogP contribution is -2.36. The van der Waals surface area contributed by atoms with Gasteiger partial charge in [-0.05, 0) is 31.0 Å². The van der Waals surface area contributed by atoms with E-state index in [-0.39, 0.29) is 5.91 Å². The monoisotopic (exact) mass is 291 g/mol. The Morgan fingerprint density at radius 3 is 2.33 bits per heavy atom. The second kappa shape index (κ2) is 7.34. The Bertz CT molecular complexity index is 479. The van der Waals surface area contributed by atoms with Crippen LogP contribution in [0, 0.1) is 0 Å². The van der Waals surface area contributed by atoms with Gasteiger partial charge in [0.25, 0.3) is 5.91 Å². The molecule has 0 radical (unpaired) electrons. The molecule has 0 atom stereocenters. The molecule has 21 heavy (non-hydrogen) atoms. The van der Waals surface area contributed by atoms with E-state index in [1.807, 2.05) is 11.9 Å². The Labute approximate surface area is 127 Å². The molecule has 1 aromatic rings. The van der Waals surface area contributed by atoms with E-state index in [1.54, 1.807) is 32.4 Å². The van der Waals surface area contributed by atoms with Gasteiger partial charge in [-0.1, -0.05) is 25.7 Å². The molecule has 1 aromatic carbocycles. The first kappa shape index (κ1) is 15.7. The van der Waals surface area contributed by atoms with Crippen molar-refractivity contribution >= 4 is 5.91 Å². The van der Waals surface area contributed by atoms with Crippen LogP contribution in [0.5, 0.6) is 11.5 Å². The summed E-state index contributed by atoms with van der Waals surface area (Å²) >= 11 is 0. The number of hydrogen-bond acceptors (Lipinski definition) is 3.